The smallest absolute Gasteiger partial charge is 0.268 e. The van der Waals surface area contributed by atoms with Crippen molar-refractivity contribution in [3.05, 3.63) is 75.7 Å². The van der Waals surface area contributed by atoms with Crippen LogP contribution in [0.15, 0.2) is 58.9 Å². The number of piperidine rings is 1. The highest BCUT2D eigenvalue weighted by molar-refractivity contribution is 5.56. The van der Waals surface area contributed by atoms with Crippen molar-refractivity contribution in [3.8, 4) is 11.3 Å². The summed E-state index contributed by atoms with van der Waals surface area (Å²) in [5.41, 5.74) is 2.29. The van der Waals surface area contributed by atoms with Gasteiger partial charge in [0.15, 0.2) is 0 Å². The lowest BCUT2D eigenvalue weighted by atomic mass is 9.96. The average Bonchev–Trinajstić information content (AvgIpc) is 2.75. The van der Waals surface area contributed by atoms with Crippen LogP contribution in [0.4, 0.5) is 0 Å². The second-order valence-electron chi connectivity index (χ2n) is 7.52. The highest BCUT2D eigenvalue weighted by Crippen LogP contribution is 2.20. The summed E-state index contributed by atoms with van der Waals surface area (Å²) >= 11 is 0. The van der Waals surface area contributed by atoms with E-state index in [1.54, 1.807) is 47.2 Å². The van der Waals surface area contributed by atoms with E-state index in [4.69, 9.17) is 0 Å². The Hall–Kier alpha value is -3.13. The van der Waals surface area contributed by atoms with Crippen LogP contribution in [-0.4, -0.2) is 42.1 Å². The third-order valence-corrected chi connectivity index (χ3v) is 5.55. The molecule has 8 heteroatoms. The van der Waals surface area contributed by atoms with Crippen LogP contribution in [0.2, 0.25) is 0 Å². The van der Waals surface area contributed by atoms with E-state index in [-0.39, 0.29) is 11.1 Å². The third kappa shape index (κ3) is 4.48. The maximum absolute atomic E-state index is 12.5. The molecule has 1 aliphatic rings. The lowest BCUT2D eigenvalue weighted by Gasteiger charge is -2.32. The molecular formula is C21H24N6O2. The van der Waals surface area contributed by atoms with Gasteiger partial charge in [-0.1, -0.05) is 0 Å². The van der Waals surface area contributed by atoms with Gasteiger partial charge in [0.2, 0.25) is 0 Å². The third-order valence-electron chi connectivity index (χ3n) is 5.55. The zero-order valence-corrected chi connectivity index (χ0v) is 16.4. The van der Waals surface area contributed by atoms with E-state index in [0.29, 0.717) is 24.7 Å². The van der Waals surface area contributed by atoms with E-state index in [1.807, 2.05) is 12.1 Å². The fraction of sp³-hybridized carbons (Fsp3) is 0.381. The summed E-state index contributed by atoms with van der Waals surface area (Å²) in [5.74, 6) is 0.438. The Kier molecular flexibility index (Phi) is 5.62. The second-order valence-corrected chi connectivity index (χ2v) is 7.52. The zero-order chi connectivity index (χ0) is 20.2. The molecule has 3 aromatic rings. The summed E-state index contributed by atoms with van der Waals surface area (Å²) in [5, 5.41) is 0. The van der Waals surface area contributed by atoms with E-state index >= 15 is 0 Å². The van der Waals surface area contributed by atoms with Gasteiger partial charge in [0.25, 0.3) is 11.1 Å². The number of pyridine rings is 1. The van der Waals surface area contributed by atoms with Crippen molar-refractivity contribution in [2.45, 2.75) is 25.9 Å². The van der Waals surface area contributed by atoms with Crippen LogP contribution < -0.4 is 11.1 Å². The summed E-state index contributed by atoms with van der Waals surface area (Å²) in [6.07, 6.45) is 10.1. The van der Waals surface area contributed by atoms with Crippen LogP contribution in [0.3, 0.4) is 0 Å². The van der Waals surface area contributed by atoms with Gasteiger partial charge < -0.3 is 4.57 Å². The van der Waals surface area contributed by atoms with E-state index in [9.17, 15) is 9.59 Å². The lowest BCUT2D eigenvalue weighted by Crippen LogP contribution is -2.37. The number of likely N-dealkylation sites (tertiary alicyclic amines) is 1. The van der Waals surface area contributed by atoms with Crippen LogP contribution in [0.1, 0.15) is 18.5 Å². The highest BCUT2D eigenvalue weighted by Gasteiger charge is 2.21. The monoisotopic (exact) mass is 392 g/mol. The molecule has 0 unspecified atom stereocenters. The Labute approximate surface area is 168 Å². The zero-order valence-electron chi connectivity index (χ0n) is 16.4. The Morgan fingerprint density at radius 1 is 1.07 bits per heavy atom. The Bertz CT molecular complexity index is 1080. The van der Waals surface area contributed by atoms with Crippen LogP contribution in [0.5, 0.6) is 0 Å². The van der Waals surface area contributed by atoms with E-state index < -0.39 is 0 Å². The predicted molar refractivity (Wildman–Crippen MR) is 109 cm³/mol. The van der Waals surface area contributed by atoms with E-state index in [2.05, 4.69) is 19.9 Å². The molecular weight excluding hydrogens is 368 g/mol. The van der Waals surface area contributed by atoms with Crippen molar-refractivity contribution < 1.29 is 0 Å². The Morgan fingerprint density at radius 3 is 2.62 bits per heavy atom. The van der Waals surface area contributed by atoms with Gasteiger partial charge >= 0.3 is 0 Å². The summed E-state index contributed by atoms with van der Waals surface area (Å²) in [4.78, 5) is 39.1. The van der Waals surface area contributed by atoms with Crippen molar-refractivity contribution in [2.24, 2.45) is 13.0 Å². The summed E-state index contributed by atoms with van der Waals surface area (Å²) < 4.78 is 3.35. The van der Waals surface area contributed by atoms with Gasteiger partial charge in [-0.25, -0.2) is 4.98 Å². The van der Waals surface area contributed by atoms with Crippen molar-refractivity contribution in [2.75, 3.05) is 13.1 Å². The molecule has 0 spiro atoms. The van der Waals surface area contributed by atoms with Gasteiger partial charge in [-0.2, -0.15) is 0 Å². The minimum absolute atomic E-state index is 0.0355. The normalized spacial score (nSPS) is 15.5. The molecule has 0 amide bonds. The molecule has 0 bridgehead atoms. The molecule has 0 atom stereocenters. The highest BCUT2D eigenvalue weighted by atomic mass is 16.1. The molecule has 0 radical (unpaired) electrons. The molecule has 0 saturated carbocycles. The Balaban J connectivity index is 1.35. The minimum Gasteiger partial charge on any atom is -0.312 e. The molecule has 3 aromatic heterocycles. The van der Waals surface area contributed by atoms with Crippen molar-refractivity contribution in [3.63, 3.8) is 0 Å². The maximum atomic E-state index is 12.5. The molecule has 1 fully saturated rings. The number of hydrogen-bond acceptors (Lipinski definition) is 6. The van der Waals surface area contributed by atoms with Crippen LogP contribution >= 0.6 is 0 Å². The molecule has 4 rings (SSSR count). The molecule has 8 nitrogen and oxygen atoms in total. The number of hydrogen-bond donors (Lipinski definition) is 0. The first-order valence-corrected chi connectivity index (χ1v) is 9.79. The van der Waals surface area contributed by atoms with Gasteiger partial charge in [-0.05, 0) is 44.0 Å². The molecule has 4 heterocycles. The van der Waals surface area contributed by atoms with Crippen molar-refractivity contribution in [1.29, 1.82) is 0 Å². The molecule has 1 saturated heterocycles. The van der Waals surface area contributed by atoms with Gasteiger partial charge in [-0.15, -0.1) is 0 Å². The topological polar surface area (TPSA) is 85.9 Å². The van der Waals surface area contributed by atoms with Crippen molar-refractivity contribution in [1.82, 2.24) is 29.0 Å². The standard InChI is InChI=1S/C21H24N6O2/c1-25-18(11-23-12-21(25)29)14-26-7-4-16(5-8-26)13-27-15-24-19(9-20(27)28)17-3-2-6-22-10-17/h2-3,6,9-12,15-16H,4-5,7-8,13-14H2,1H3. The summed E-state index contributed by atoms with van der Waals surface area (Å²) in [7, 11) is 1.78. The van der Waals surface area contributed by atoms with Gasteiger partial charge in [0.05, 0.1) is 23.9 Å². The largest absolute Gasteiger partial charge is 0.312 e. The number of nitrogens with zero attached hydrogens (tertiary/aromatic N) is 6. The van der Waals surface area contributed by atoms with Crippen LogP contribution in [0.25, 0.3) is 11.3 Å². The van der Waals surface area contributed by atoms with Crippen molar-refractivity contribution >= 4 is 0 Å². The first-order valence-electron chi connectivity index (χ1n) is 9.79. The average molecular weight is 392 g/mol. The van der Waals surface area contributed by atoms with E-state index in [1.165, 1.54) is 6.20 Å². The number of rotatable bonds is 5. The number of aromatic nitrogens is 5. The quantitative estimate of drug-likeness (QED) is 0.651. The molecule has 1 aliphatic heterocycles. The molecule has 0 aliphatic carbocycles. The summed E-state index contributed by atoms with van der Waals surface area (Å²) in [6.45, 7) is 3.26. The SMILES string of the molecule is Cn1c(CN2CCC(Cn3cnc(-c4cccnc4)cc3=O)CC2)cncc1=O. The van der Waals surface area contributed by atoms with Gasteiger partial charge in [-0.3, -0.25) is 29.0 Å². The Morgan fingerprint density at radius 2 is 1.90 bits per heavy atom. The fourth-order valence-electron chi connectivity index (χ4n) is 3.72. The lowest BCUT2D eigenvalue weighted by molar-refractivity contribution is 0.163. The summed E-state index contributed by atoms with van der Waals surface area (Å²) in [6, 6.07) is 5.31. The minimum atomic E-state index is -0.0843. The molecule has 0 aromatic carbocycles. The van der Waals surface area contributed by atoms with E-state index in [0.717, 1.165) is 37.2 Å². The molecule has 29 heavy (non-hydrogen) atoms. The molecule has 0 N–H and O–H groups in total. The predicted octanol–water partition coefficient (Wildman–Crippen LogP) is 1.31. The maximum Gasteiger partial charge on any atom is 0.268 e. The van der Waals surface area contributed by atoms with Gasteiger partial charge in [0.1, 0.15) is 0 Å². The van der Waals surface area contributed by atoms with Gasteiger partial charge in [0, 0.05) is 50.4 Å². The van der Waals surface area contributed by atoms with Crippen LogP contribution in [0, 0.1) is 5.92 Å². The van der Waals surface area contributed by atoms with Crippen LogP contribution in [-0.2, 0) is 20.1 Å². The fourth-order valence-corrected chi connectivity index (χ4v) is 3.72. The second kappa shape index (κ2) is 8.48. The first-order chi connectivity index (χ1) is 14.1. The molecule has 150 valence electrons. The first kappa shape index (κ1) is 19.2.